The van der Waals surface area contributed by atoms with Crippen LogP contribution >= 0.6 is 11.3 Å². The van der Waals surface area contributed by atoms with Gasteiger partial charge in [0.15, 0.2) is 6.61 Å². The van der Waals surface area contributed by atoms with Gasteiger partial charge in [0.2, 0.25) is 5.91 Å². The van der Waals surface area contributed by atoms with Gasteiger partial charge < -0.3 is 19.4 Å². The molecule has 36 heavy (non-hydrogen) atoms. The highest BCUT2D eigenvalue weighted by Crippen LogP contribution is 2.32. The molecule has 1 aliphatic rings. The van der Waals surface area contributed by atoms with E-state index in [2.05, 4.69) is 4.98 Å². The van der Waals surface area contributed by atoms with Crippen LogP contribution in [0, 0.1) is 5.92 Å². The smallest absolute Gasteiger partial charge is 0.261 e. The van der Waals surface area contributed by atoms with E-state index >= 15 is 0 Å². The van der Waals surface area contributed by atoms with E-state index < -0.39 is 0 Å². The summed E-state index contributed by atoms with van der Waals surface area (Å²) >= 11 is 1.54. The fraction of sp³-hybridized carbons (Fsp3) is 0.407. The first-order valence-corrected chi connectivity index (χ1v) is 13.1. The third-order valence-electron chi connectivity index (χ3n) is 6.24. The summed E-state index contributed by atoms with van der Waals surface area (Å²) in [6.07, 6.45) is 4.12. The molecule has 190 valence electrons. The molecule has 1 fully saturated rings. The Bertz CT molecular complexity index is 1140. The first kappa shape index (κ1) is 25.8. The average Bonchev–Trinajstić information content (AvgIpc) is 3.27. The van der Waals surface area contributed by atoms with Gasteiger partial charge in [-0.1, -0.05) is 25.1 Å². The highest BCUT2D eigenvalue weighted by Gasteiger charge is 2.33. The van der Waals surface area contributed by atoms with Gasteiger partial charge in [-0.15, -0.1) is 11.3 Å². The average molecular weight is 508 g/mol. The van der Waals surface area contributed by atoms with E-state index in [1.807, 2.05) is 83.6 Å². The van der Waals surface area contributed by atoms with Crippen molar-refractivity contribution in [2.75, 3.05) is 46.9 Å². The van der Waals surface area contributed by atoms with E-state index in [1.54, 1.807) is 23.7 Å². The van der Waals surface area contributed by atoms with Gasteiger partial charge >= 0.3 is 0 Å². The molecule has 8 nitrogen and oxygen atoms in total. The fourth-order valence-electron chi connectivity index (χ4n) is 4.48. The van der Waals surface area contributed by atoms with Crippen LogP contribution in [-0.4, -0.2) is 83.4 Å². The zero-order chi connectivity index (χ0) is 25.5. The molecule has 2 atom stereocenters. The Balaban J connectivity index is 1.54. The van der Waals surface area contributed by atoms with Gasteiger partial charge in [-0.3, -0.25) is 14.6 Å². The Hall–Kier alpha value is -3.30. The van der Waals surface area contributed by atoms with Crippen LogP contribution in [0.3, 0.4) is 0 Å². The molecule has 4 rings (SSSR count). The largest absolute Gasteiger partial charge is 0.484 e. The lowest BCUT2D eigenvalue weighted by Gasteiger charge is -2.28. The summed E-state index contributed by atoms with van der Waals surface area (Å²) in [5.41, 5.74) is 1.85. The van der Waals surface area contributed by atoms with Gasteiger partial charge in [0, 0.05) is 55.4 Å². The van der Waals surface area contributed by atoms with Crippen molar-refractivity contribution in [1.29, 1.82) is 0 Å². The van der Waals surface area contributed by atoms with E-state index in [0.29, 0.717) is 38.3 Å². The Kier molecular flexibility index (Phi) is 8.66. The van der Waals surface area contributed by atoms with Crippen LogP contribution < -0.4 is 4.74 Å². The van der Waals surface area contributed by atoms with Crippen molar-refractivity contribution in [1.82, 2.24) is 24.7 Å². The Morgan fingerprint density at radius 2 is 1.86 bits per heavy atom. The van der Waals surface area contributed by atoms with E-state index in [1.165, 1.54) is 0 Å². The standard InChI is InChI=1S/C27H33N5O3S/c1-20(17-30(2)3)27(34)31-14-11-24(26-29-23(19-36-26)21-9-12-28-13-10-21)32(16-15-31)25(33)18-35-22-7-5-4-6-8-22/h4-10,12-13,19-20,24H,11,14-18H2,1-3H3. The van der Waals surface area contributed by atoms with Gasteiger partial charge in [-0.25, -0.2) is 4.98 Å². The fourth-order valence-corrected chi connectivity index (χ4v) is 5.46. The molecule has 2 unspecified atom stereocenters. The predicted octanol–water partition coefficient (Wildman–Crippen LogP) is 3.58. The molecule has 0 aliphatic carbocycles. The lowest BCUT2D eigenvalue weighted by atomic mass is 10.1. The molecule has 0 radical (unpaired) electrons. The highest BCUT2D eigenvalue weighted by atomic mass is 32.1. The van der Waals surface area contributed by atoms with Crippen molar-refractivity contribution < 1.29 is 14.3 Å². The number of pyridine rings is 1. The number of para-hydroxylation sites is 1. The molecule has 0 spiro atoms. The van der Waals surface area contributed by atoms with E-state index in [4.69, 9.17) is 9.72 Å². The minimum absolute atomic E-state index is 0.0614. The zero-order valence-electron chi connectivity index (χ0n) is 21.0. The molecular formula is C27H33N5O3S. The molecule has 3 aromatic rings. The molecule has 0 saturated carbocycles. The maximum atomic E-state index is 13.4. The Morgan fingerprint density at radius 3 is 2.58 bits per heavy atom. The van der Waals surface area contributed by atoms with Gasteiger partial charge in [-0.2, -0.15) is 0 Å². The summed E-state index contributed by atoms with van der Waals surface area (Å²) in [5.74, 6) is 0.551. The van der Waals surface area contributed by atoms with Crippen molar-refractivity contribution in [2.45, 2.75) is 19.4 Å². The van der Waals surface area contributed by atoms with Crippen LogP contribution in [-0.2, 0) is 9.59 Å². The predicted molar refractivity (Wildman–Crippen MR) is 141 cm³/mol. The topological polar surface area (TPSA) is 78.9 Å². The molecule has 1 aromatic carbocycles. The Labute approximate surface area is 216 Å². The number of benzene rings is 1. The van der Waals surface area contributed by atoms with Gasteiger partial charge in [0.1, 0.15) is 10.8 Å². The molecule has 0 bridgehead atoms. The van der Waals surface area contributed by atoms with Gasteiger partial charge in [-0.05, 0) is 44.8 Å². The van der Waals surface area contributed by atoms with E-state index in [9.17, 15) is 9.59 Å². The Morgan fingerprint density at radius 1 is 1.11 bits per heavy atom. The monoisotopic (exact) mass is 507 g/mol. The highest BCUT2D eigenvalue weighted by molar-refractivity contribution is 7.10. The molecule has 1 aliphatic heterocycles. The first-order chi connectivity index (χ1) is 17.4. The summed E-state index contributed by atoms with van der Waals surface area (Å²) in [6.45, 7) is 4.10. The van der Waals surface area contributed by atoms with Crippen LogP contribution in [0.4, 0.5) is 0 Å². The van der Waals surface area contributed by atoms with Crippen LogP contribution in [0.25, 0.3) is 11.3 Å². The normalized spacial score (nSPS) is 17.1. The zero-order valence-corrected chi connectivity index (χ0v) is 21.9. The minimum atomic E-state index is -0.223. The van der Waals surface area contributed by atoms with Crippen LogP contribution in [0.5, 0.6) is 5.75 Å². The molecule has 3 heterocycles. The van der Waals surface area contributed by atoms with Gasteiger partial charge in [0.05, 0.1) is 11.7 Å². The molecule has 2 amide bonds. The summed E-state index contributed by atoms with van der Waals surface area (Å²) in [5, 5.41) is 2.88. The first-order valence-electron chi connectivity index (χ1n) is 12.2. The maximum Gasteiger partial charge on any atom is 0.261 e. The van der Waals surface area contributed by atoms with Crippen LogP contribution in [0.15, 0.2) is 60.2 Å². The van der Waals surface area contributed by atoms with E-state index in [-0.39, 0.29) is 30.4 Å². The van der Waals surface area contributed by atoms with Crippen molar-refractivity contribution in [3.63, 3.8) is 0 Å². The molecule has 9 heteroatoms. The second-order valence-corrected chi connectivity index (χ2v) is 10.2. The maximum absolute atomic E-state index is 13.4. The second-order valence-electron chi connectivity index (χ2n) is 9.29. The number of carbonyl (C=O) groups is 2. The number of amides is 2. The summed E-state index contributed by atoms with van der Waals surface area (Å²) < 4.78 is 5.78. The van der Waals surface area contributed by atoms with Gasteiger partial charge in [0.25, 0.3) is 5.91 Å². The van der Waals surface area contributed by atoms with Crippen molar-refractivity contribution in [3.8, 4) is 17.0 Å². The number of rotatable bonds is 8. The summed E-state index contributed by atoms with van der Waals surface area (Å²) in [6, 6.07) is 13.0. The van der Waals surface area contributed by atoms with Crippen molar-refractivity contribution >= 4 is 23.2 Å². The van der Waals surface area contributed by atoms with Crippen LogP contribution in [0.1, 0.15) is 24.4 Å². The van der Waals surface area contributed by atoms with E-state index in [0.717, 1.165) is 16.3 Å². The number of carbonyl (C=O) groups excluding carboxylic acids is 2. The SMILES string of the molecule is CC(CN(C)C)C(=O)N1CCC(c2nc(-c3ccncc3)cs2)N(C(=O)COc2ccccc2)CC1. The summed E-state index contributed by atoms with van der Waals surface area (Å²) in [7, 11) is 3.94. The van der Waals surface area contributed by atoms with Crippen LogP contribution in [0.2, 0.25) is 0 Å². The molecule has 2 aromatic heterocycles. The number of hydrogen-bond acceptors (Lipinski definition) is 7. The minimum Gasteiger partial charge on any atom is -0.484 e. The van der Waals surface area contributed by atoms with Crippen molar-refractivity contribution in [2.24, 2.45) is 5.92 Å². The molecule has 1 saturated heterocycles. The number of nitrogens with zero attached hydrogens (tertiary/aromatic N) is 5. The summed E-state index contributed by atoms with van der Waals surface area (Å²) in [4.78, 5) is 41.3. The number of aromatic nitrogens is 2. The molecular weight excluding hydrogens is 474 g/mol. The number of thiazole rings is 1. The second kappa shape index (κ2) is 12.1. The lowest BCUT2D eigenvalue weighted by Crippen LogP contribution is -2.42. The van der Waals surface area contributed by atoms with Crippen molar-refractivity contribution in [3.05, 3.63) is 65.2 Å². The molecule has 0 N–H and O–H groups in total. The number of ether oxygens (including phenoxy) is 1. The third-order valence-corrected chi connectivity index (χ3v) is 7.19. The quantitative estimate of drug-likeness (QED) is 0.464. The lowest BCUT2D eigenvalue weighted by molar-refractivity contribution is -0.137. The number of hydrogen-bond donors (Lipinski definition) is 0. The third kappa shape index (κ3) is 6.47.